The van der Waals surface area contributed by atoms with Crippen LogP contribution in [0.4, 0.5) is 13.2 Å². The van der Waals surface area contributed by atoms with Crippen LogP contribution in [-0.2, 0) is 0 Å². The third-order valence-corrected chi connectivity index (χ3v) is 1.33. The van der Waals surface area contributed by atoms with Crippen LogP contribution in [0.3, 0.4) is 0 Å². The standard InChI is InChI=1S/C8H5F3O3/c9-8(10,11)14-6-3-1-5(2-4-6)7(12)13/h1-4H,(H,12,13)/i7+1. The molecule has 6 heteroatoms. The first kappa shape index (κ1) is 10.4. The van der Waals surface area contributed by atoms with Crippen molar-refractivity contribution in [3.63, 3.8) is 0 Å². The summed E-state index contributed by atoms with van der Waals surface area (Å²) in [6.45, 7) is 0. The molecule has 0 radical (unpaired) electrons. The number of aromatic carboxylic acids is 1. The maximum atomic E-state index is 11.7. The number of rotatable bonds is 2. The molecule has 0 aromatic heterocycles. The molecule has 0 saturated heterocycles. The first-order valence-electron chi connectivity index (χ1n) is 3.47. The van der Waals surface area contributed by atoms with Gasteiger partial charge in [0.05, 0.1) is 5.56 Å². The van der Waals surface area contributed by atoms with Crippen molar-refractivity contribution in [2.75, 3.05) is 0 Å². The van der Waals surface area contributed by atoms with Gasteiger partial charge in [0.15, 0.2) is 0 Å². The lowest BCUT2D eigenvalue weighted by atomic mass is 10.3. The van der Waals surface area contributed by atoms with Gasteiger partial charge in [-0.25, -0.2) is 4.79 Å². The lowest BCUT2D eigenvalue weighted by Crippen LogP contribution is -2.17. The Labute approximate surface area is 76.7 Å². The van der Waals surface area contributed by atoms with Gasteiger partial charge in [-0.15, -0.1) is 13.2 Å². The van der Waals surface area contributed by atoms with Gasteiger partial charge in [0, 0.05) is 0 Å². The summed E-state index contributed by atoms with van der Waals surface area (Å²) >= 11 is 0. The van der Waals surface area contributed by atoms with Crippen LogP contribution in [0.5, 0.6) is 5.75 Å². The van der Waals surface area contributed by atoms with Crippen LogP contribution in [0.1, 0.15) is 10.4 Å². The normalized spacial score (nSPS) is 11.1. The molecular weight excluding hydrogens is 202 g/mol. The van der Waals surface area contributed by atoms with Crippen molar-refractivity contribution in [3.05, 3.63) is 29.8 Å². The van der Waals surface area contributed by atoms with E-state index in [0.29, 0.717) is 0 Å². The summed E-state index contributed by atoms with van der Waals surface area (Å²) in [7, 11) is 0. The van der Waals surface area contributed by atoms with E-state index in [1.807, 2.05) is 0 Å². The van der Waals surface area contributed by atoms with Crippen LogP contribution in [0.2, 0.25) is 0 Å². The average molecular weight is 207 g/mol. The Morgan fingerprint density at radius 1 is 1.21 bits per heavy atom. The van der Waals surface area contributed by atoms with E-state index in [1.54, 1.807) is 0 Å². The van der Waals surface area contributed by atoms with Crippen molar-refractivity contribution in [1.82, 2.24) is 0 Å². The van der Waals surface area contributed by atoms with Crippen molar-refractivity contribution in [1.29, 1.82) is 0 Å². The molecule has 0 unspecified atom stereocenters. The number of ether oxygens (including phenoxy) is 1. The van der Waals surface area contributed by atoms with Crippen LogP contribution in [0, 0.1) is 0 Å². The fourth-order valence-electron chi connectivity index (χ4n) is 0.799. The van der Waals surface area contributed by atoms with E-state index in [9.17, 15) is 18.0 Å². The third kappa shape index (κ3) is 2.96. The van der Waals surface area contributed by atoms with Crippen LogP contribution in [0.25, 0.3) is 0 Å². The molecule has 0 bridgehead atoms. The quantitative estimate of drug-likeness (QED) is 0.756. The molecule has 0 saturated carbocycles. The molecule has 3 nitrogen and oxygen atoms in total. The zero-order chi connectivity index (χ0) is 10.8. The van der Waals surface area contributed by atoms with Crippen molar-refractivity contribution < 1.29 is 27.8 Å². The van der Waals surface area contributed by atoms with E-state index >= 15 is 0 Å². The van der Waals surface area contributed by atoms with Gasteiger partial charge in [-0.05, 0) is 24.3 Å². The highest BCUT2D eigenvalue weighted by Crippen LogP contribution is 2.22. The summed E-state index contributed by atoms with van der Waals surface area (Å²) in [4.78, 5) is 10.3. The van der Waals surface area contributed by atoms with Crippen LogP contribution in [0.15, 0.2) is 24.3 Å². The van der Waals surface area contributed by atoms with Crippen molar-refractivity contribution in [2.45, 2.75) is 6.36 Å². The molecule has 1 aromatic carbocycles. The van der Waals surface area contributed by atoms with Gasteiger partial charge in [0.2, 0.25) is 0 Å². The Bertz CT molecular complexity index is 329. The topological polar surface area (TPSA) is 46.5 Å². The van der Waals surface area contributed by atoms with Gasteiger partial charge in [0.1, 0.15) is 5.75 Å². The van der Waals surface area contributed by atoms with Gasteiger partial charge in [-0.2, -0.15) is 0 Å². The minimum Gasteiger partial charge on any atom is -0.478 e. The molecule has 1 N–H and O–H groups in total. The molecule has 1 rings (SSSR count). The SMILES string of the molecule is O=[13C](O)c1ccc(OC(F)(F)F)cc1. The highest BCUT2D eigenvalue weighted by molar-refractivity contribution is 5.87. The average Bonchev–Trinajstić information content (AvgIpc) is 2.02. The monoisotopic (exact) mass is 207 g/mol. The highest BCUT2D eigenvalue weighted by atomic mass is 19.4. The Hall–Kier alpha value is -1.72. The van der Waals surface area contributed by atoms with Crippen molar-refractivity contribution in [3.8, 4) is 5.75 Å². The first-order valence-corrected chi connectivity index (χ1v) is 3.47. The molecule has 76 valence electrons. The van der Waals surface area contributed by atoms with E-state index in [0.717, 1.165) is 24.3 Å². The molecule has 0 aliphatic carbocycles. The number of hydrogen-bond donors (Lipinski definition) is 1. The number of hydrogen-bond acceptors (Lipinski definition) is 2. The summed E-state index contributed by atoms with van der Waals surface area (Å²) in [5, 5.41) is 8.45. The van der Waals surface area contributed by atoms with Crippen LogP contribution in [-0.4, -0.2) is 17.4 Å². The molecule has 0 aliphatic rings. The lowest BCUT2D eigenvalue weighted by molar-refractivity contribution is -0.274. The summed E-state index contributed by atoms with van der Waals surface area (Å²) in [6, 6.07) is 3.95. The Kier molecular flexibility index (Phi) is 2.64. The van der Waals surface area contributed by atoms with E-state index in [1.165, 1.54) is 0 Å². The van der Waals surface area contributed by atoms with Crippen molar-refractivity contribution in [2.24, 2.45) is 0 Å². The number of halogens is 3. The maximum Gasteiger partial charge on any atom is 0.573 e. The van der Waals surface area contributed by atoms with Gasteiger partial charge >= 0.3 is 12.3 Å². The minimum atomic E-state index is -4.76. The molecule has 0 aliphatic heterocycles. The van der Waals surface area contributed by atoms with E-state index in [-0.39, 0.29) is 5.56 Å². The predicted molar refractivity (Wildman–Crippen MR) is 40.1 cm³/mol. The molecule has 1 aromatic rings. The molecule has 0 heterocycles. The number of alkyl halides is 3. The molecule has 0 atom stereocenters. The predicted octanol–water partition coefficient (Wildman–Crippen LogP) is 2.28. The maximum absolute atomic E-state index is 11.7. The Morgan fingerprint density at radius 2 is 1.71 bits per heavy atom. The zero-order valence-electron chi connectivity index (χ0n) is 6.71. The summed E-state index contributed by atoms with van der Waals surface area (Å²) in [6.07, 6.45) is -4.76. The number of carboxylic acid groups (broad SMARTS) is 1. The van der Waals surface area contributed by atoms with Gasteiger partial charge in [-0.3, -0.25) is 0 Å². The largest absolute Gasteiger partial charge is 0.573 e. The molecule has 0 spiro atoms. The summed E-state index contributed by atoms with van der Waals surface area (Å²) < 4.78 is 38.5. The summed E-state index contributed by atoms with van der Waals surface area (Å²) in [5.74, 6) is -1.65. The second kappa shape index (κ2) is 3.57. The van der Waals surface area contributed by atoms with E-state index in [2.05, 4.69) is 4.74 Å². The Balaban J connectivity index is 2.79. The fourth-order valence-corrected chi connectivity index (χ4v) is 0.799. The lowest BCUT2D eigenvalue weighted by Gasteiger charge is -2.08. The first-order chi connectivity index (χ1) is 6.38. The van der Waals surface area contributed by atoms with Gasteiger partial charge in [-0.1, -0.05) is 0 Å². The number of carboxylic acids is 1. The zero-order valence-corrected chi connectivity index (χ0v) is 6.71. The second-order valence-corrected chi connectivity index (χ2v) is 2.38. The van der Waals surface area contributed by atoms with Crippen LogP contribution >= 0.6 is 0 Å². The smallest absolute Gasteiger partial charge is 0.478 e. The Morgan fingerprint density at radius 3 is 2.07 bits per heavy atom. The minimum absolute atomic E-state index is 0.0977. The molecule has 0 amide bonds. The molecule has 14 heavy (non-hydrogen) atoms. The molecule has 0 fully saturated rings. The third-order valence-electron chi connectivity index (χ3n) is 1.33. The van der Waals surface area contributed by atoms with E-state index < -0.39 is 18.1 Å². The second-order valence-electron chi connectivity index (χ2n) is 2.38. The van der Waals surface area contributed by atoms with Crippen LogP contribution < -0.4 is 4.74 Å². The van der Waals surface area contributed by atoms with Crippen molar-refractivity contribution >= 4 is 5.97 Å². The molecular formula is C8H5F3O3. The number of benzene rings is 1. The van der Waals surface area contributed by atoms with E-state index in [4.69, 9.17) is 5.11 Å². The van der Waals surface area contributed by atoms with Gasteiger partial charge in [0.25, 0.3) is 0 Å². The summed E-state index contributed by atoms with van der Waals surface area (Å²) in [5.41, 5.74) is -0.0977. The van der Waals surface area contributed by atoms with Gasteiger partial charge < -0.3 is 9.84 Å². The number of carbonyl (C=O) groups is 1. The fraction of sp³-hybridized carbons (Fsp3) is 0.125. The highest BCUT2D eigenvalue weighted by Gasteiger charge is 2.30.